The molecule has 0 N–H and O–H groups in total. The first-order valence-corrected chi connectivity index (χ1v) is 6.58. The van der Waals surface area contributed by atoms with Crippen molar-refractivity contribution in [2.24, 2.45) is 0 Å². The zero-order valence-corrected chi connectivity index (χ0v) is 12.2. The van der Waals surface area contributed by atoms with Crippen LogP contribution in [0.1, 0.15) is 11.5 Å². The molecule has 0 aliphatic carbocycles. The van der Waals surface area contributed by atoms with Crippen LogP contribution in [0.25, 0.3) is 23.7 Å². The summed E-state index contributed by atoms with van der Waals surface area (Å²) in [5.74, 6) is 0.444. The summed E-state index contributed by atoms with van der Waals surface area (Å²) in [5.41, 5.74) is -0.652. The number of aromatic nitrogens is 5. The van der Waals surface area contributed by atoms with Gasteiger partial charge in [-0.1, -0.05) is 5.16 Å². The predicted octanol–water partition coefficient (Wildman–Crippen LogP) is 2.98. The van der Waals surface area contributed by atoms with Crippen LogP contribution in [0.15, 0.2) is 35.4 Å². The van der Waals surface area contributed by atoms with Crippen molar-refractivity contribution in [3.63, 3.8) is 0 Å². The van der Waals surface area contributed by atoms with Crippen molar-refractivity contribution >= 4 is 12.3 Å². The van der Waals surface area contributed by atoms with Crippen molar-refractivity contribution in [1.82, 2.24) is 24.9 Å². The van der Waals surface area contributed by atoms with Gasteiger partial charge in [0.25, 0.3) is 5.89 Å². The van der Waals surface area contributed by atoms with Gasteiger partial charge in [0.1, 0.15) is 12.1 Å². The van der Waals surface area contributed by atoms with E-state index in [2.05, 4.69) is 20.2 Å². The molecule has 7 nitrogen and oxygen atoms in total. The molecule has 10 heteroatoms. The van der Waals surface area contributed by atoms with E-state index in [0.717, 1.165) is 12.1 Å². The van der Waals surface area contributed by atoms with Gasteiger partial charge in [-0.2, -0.15) is 18.2 Å². The smallest absolute Gasteiger partial charge is 0.416 e. The van der Waals surface area contributed by atoms with E-state index in [0.29, 0.717) is 0 Å². The fraction of sp³-hybridized carbons (Fsp3) is 0.143. The lowest BCUT2D eigenvalue weighted by Crippen LogP contribution is -2.05. The molecule has 0 unspecified atom stereocenters. The Morgan fingerprint density at radius 1 is 1.21 bits per heavy atom. The Balaban J connectivity index is 1.92. The maximum absolute atomic E-state index is 12.9. The minimum absolute atomic E-state index is 0.0672. The Bertz CT molecular complexity index is 856. The maximum Gasteiger partial charge on any atom is 0.416 e. The molecule has 2 heterocycles. The highest BCUT2D eigenvalue weighted by Gasteiger charge is 2.31. The summed E-state index contributed by atoms with van der Waals surface area (Å²) in [6.45, 7) is 0. The largest absolute Gasteiger partial charge is 0.497 e. The van der Waals surface area contributed by atoms with Crippen LogP contribution < -0.4 is 4.74 Å². The standard InChI is InChI=1S/C14H10F3N5O2/c1-23-11-5-9(4-10(6-11)14(15,16)17)13-19-8-22(21-13)3-2-12-18-7-20-24-12/h2-8H,1H3/b3-2-. The molecule has 0 saturated carbocycles. The van der Waals surface area contributed by atoms with Gasteiger partial charge in [-0.25, -0.2) is 9.67 Å². The van der Waals surface area contributed by atoms with E-state index in [4.69, 9.17) is 9.26 Å². The summed E-state index contributed by atoms with van der Waals surface area (Å²) in [5, 5.41) is 7.52. The molecule has 0 aliphatic rings. The second-order valence-corrected chi connectivity index (χ2v) is 4.59. The van der Waals surface area contributed by atoms with Crippen LogP contribution in [0.5, 0.6) is 5.75 Å². The van der Waals surface area contributed by atoms with E-state index in [1.807, 2.05) is 0 Å². The number of hydrogen-bond donors (Lipinski definition) is 0. The maximum atomic E-state index is 12.9. The van der Waals surface area contributed by atoms with Crippen LogP contribution in [-0.4, -0.2) is 32.0 Å². The average Bonchev–Trinajstić information content (AvgIpc) is 3.23. The highest BCUT2D eigenvalue weighted by molar-refractivity contribution is 5.60. The Hall–Kier alpha value is -3.17. The first kappa shape index (κ1) is 15.7. The molecule has 0 saturated heterocycles. The second-order valence-electron chi connectivity index (χ2n) is 4.59. The molecule has 0 fully saturated rings. The monoisotopic (exact) mass is 337 g/mol. The number of ether oxygens (including phenoxy) is 1. The highest BCUT2D eigenvalue weighted by atomic mass is 19.4. The molecule has 0 amide bonds. The molecule has 24 heavy (non-hydrogen) atoms. The molecule has 0 spiro atoms. The summed E-state index contributed by atoms with van der Waals surface area (Å²) in [6, 6.07) is 3.30. The number of rotatable bonds is 4. The van der Waals surface area contributed by atoms with Gasteiger partial charge in [0.15, 0.2) is 12.2 Å². The fourth-order valence-corrected chi connectivity index (χ4v) is 1.88. The van der Waals surface area contributed by atoms with Gasteiger partial charge in [-0.15, -0.1) is 5.10 Å². The minimum Gasteiger partial charge on any atom is -0.497 e. The lowest BCUT2D eigenvalue weighted by Gasteiger charge is -2.10. The molecule has 3 rings (SSSR count). The fourth-order valence-electron chi connectivity index (χ4n) is 1.88. The van der Waals surface area contributed by atoms with Gasteiger partial charge in [-0.3, -0.25) is 0 Å². The van der Waals surface area contributed by atoms with E-state index in [9.17, 15) is 13.2 Å². The van der Waals surface area contributed by atoms with Gasteiger partial charge < -0.3 is 9.26 Å². The van der Waals surface area contributed by atoms with E-state index in [1.54, 1.807) is 0 Å². The number of benzene rings is 1. The van der Waals surface area contributed by atoms with E-state index < -0.39 is 11.7 Å². The Morgan fingerprint density at radius 3 is 2.71 bits per heavy atom. The van der Waals surface area contributed by atoms with E-state index >= 15 is 0 Å². The van der Waals surface area contributed by atoms with Gasteiger partial charge in [-0.05, 0) is 18.2 Å². The van der Waals surface area contributed by atoms with Crippen LogP contribution in [0.4, 0.5) is 13.2 Å². The lowest BCUT2D eigenvalue weighted by atomic mass is 10.1. The third-order valence-electron chi connectivity index (χ3n) is 2.98. The van der Waals surface area contributed by atoms with Crippen LogP contribution in [-0.2, 0) is 6.18 Å². The molecular formula is C14H10F3N5O2. The molecule has 0 aliphatic heterocycles. The third kappa shape index (κ3) is 3.42. The number of halogens is 3. The Labute approximate surface area is 133 Å². The van der Waals surface area contributed by atoms with Crippen molar-refractivity contribution in [2.45, 2.75) is 6.18 Å². The van der Waals surface area contributed by atoms with Crippen LogP contribution >= 0.6 is 0 Å². The number of nitrogens with zero attached hydrogens (tertiary/aromatic N) is 5. The zero-order chi connectivity index (χ0) is 17.2. The normalized spacial score (nSPS) is 12.0. The molecule has 0 bridgehead atoms. The number of methoxy groups -OCH3 is 1. The Kier molecular flexibility index (Phi) is 4.02. The van der Waals surface area contributed by atoms with Crippen molar-refractivity contribution in [3.8, 4) is 17.1 Å². The van der Waals surface area contributed by atoms with Crippen LogP contribution in [0.3, 0.4) is 0 Å². The molecule has 124 valence electrons. The zero-order valence-electron chi connectivity index (χ0n) is 12.2. The van der Waals surface area contributed by atoms with Crippen LogP contribution in [0, 0.1) is 0 Å². The summed E-state index contributed by atoms with van der Waals surface area (Å²) >= 11 is 0. The molecule has 3 aromatic rings. The van der Waals surface area contributed by atoms with Crippen molar-refractivity contribution in [1.29, 1.82) is 0 Å². The van der Waals surface area contributed by atoms with Gasteiger partial charge in [0.2, 0.25) is 0 Å². The summed E-state index contributed by atoms with van der Waals surface area (Å²) < 4.78 is 49.8. The predicted molar refractivity (Wildman–Crippen MR) is 76.5 cm³/mol. The van der Waals surface area contributed by atoms with E-state index in [-0.39, 0.29) is 23.0 Å². The number of hydrogen-bond acceptors (Lipinski definition) is 6. The summed E-state index contributed by atoms with van der Waals surface area (Å²) in [6.07, 6.45) is 1.05. The highest BCUT2D eigenvalue weighted by Crippen LogP contribution is 2.34. The third-order valence-corrected chi connectivity index (χ3v) is 2.98. The topological polar surface area (TPSA) is 78.9 Å². The van der Waals surface area contributed by atoms with Crippen LogP contribution in [0.2, 0.25) is 0 Å². The molecule has 0 radical (unpaired) electrons. The van der Waals surface area contributed by atoms with E-state index in [1.165, 1.54) is 42.8 Å². The van der Waals surface area contributed by atoms with Gasteiger partial charge >= 0.3 is 6.18 Å². The Morgan fingerprint density at radius 2 is 2.04 bits per heavy atom. The quantitative estimate of drug-likeness (QED) is 0.728. The van der Waals surface area contributed by atoms with Crippen molar-refractivity contribution < 1.29 is 22.4 Å². The van der Waals surface area contributed by atoms with Crippen molar-refractivity contribution in [3.05, 3.63) is 42.3 Å². The SMILES string of the molecule is COc1cc(-c2ncn(/C=C\c3ncno3)n2)cc(C(F)(F)F)c1. The molecular weight excluding hydrogens is 327 g/mol. The first-order chi connectivity index (χ1) is 11.5. The van der Waals surface area contributed by atoms with Gasteiger partial charge in [0.05, 0.1) is 12.7 Å². The molecule has 2 aromatic heterocycles. The summed E-state index contributed by atoms with van der Waals surface area (Å²) in [4.78, 5) is 7.79. The van der Waals surface area contributed by atoms with Gasteiger partial charge in [0, 0.05) is 17.8 Å². The van der Waals surface area contributed by atoms with Crippen molar-refractivity contribution in [2.75, 3.05) is 7.11 Å². The first-order valence-electron chi connectivity index (χ1n) is 6.58. The molecule has 0 atom stereocenters. The minimum atomic E-state index is -4.50. The lowest BCUT2D eigenvalue weighted by molar-refractivity contribution is -0.137. The second kappa shape index (κ2) is 6.14. The summed E-state index contributed by atoms with van der Waals surface area (Å²) in [7, 11) is 1.29. The number of alkyl halides is 3. The average molecular weight is 337 g/mol. The molecule has 1 aromatic carbocycles.